The van der Waals surface area contributed by atoms with Crippen LogP contribution in [0.15, 0.2) is 72.8 Å². The van der Waals surface area contributed by atoms with Crippen molar-refractivity contribution >= 4 is 21.5 Å². The van der Waals surface area contributed by atoms with Crippen molar-refractivity contribution in [3.8, 4) is 0 Å². The molecule has 0 spiro atoms. The Morgan fingerprint density at radius 2 is 1.46 bits per heavy atom. The van der Waals surface area contributed by atoms with Gasteiger partial charge in [-0.15, -0.1) is 0 Å². The average Bonchev–Trinajstić information content (AvgIpc) is 2.67. The molecule has 0 amide bonds. The Kier molecular flexibility index (Phi) is 4.46. The minimum Gasteiger partial charge on any atom is -0.364 e. The lowest BCUT2D eigenvalue weighted by Gasteiger charge is -2.17. The van der Waals surface area contributed by atoms with E-state index in [-0.39, 0.29) is 0 Å². The minimum absolute atomic E-state index is 0.375. The Morgan fingerprint density at radius 3 is 2.27 bits per heavy atom. The third kappa shape index (κ3) is 3.10. The molecule has 4 aromatic rings. The molecule has 4 aromatic carbocycles. The van der Waals surface area contributed by atoms with Gasteiger partial charge >= 0.3 is 0 Å². The minimum atomic E-state index is -0.948. The molecule has 0 aliphatic heterocycles. The molecule has 0 radical (unpaired) electrons. The number of hydrogen-bond acceptors (Lipinski definition) is 2. The maximum absolute atomic E-state index is 10.6. The maximum atomic E-state index is 10.6. The molecule has 130 valence electrons. The lowest BCUT2D eigenvalue weighted by Crippen LogP contribution is -2.05. The third-order valence-electron chi connectivity index (χ3n) is 5.04. The monoisotopic (exact) mass is 342 g/mol. The van der Waals surface area contributed by atoms with E-state index in [0.29, 0.717) is 6.61 Å². The molecule has 0 aromatic heterocycles. The molecular weight excluding hydrogens is 320 g/mol. The Morgan fingerprint density at radius 1 is 0.769 bits per heavy atom. The molecule has 0 aliphatic rings. The van der Waals surface area contributed by atoms with Gasteiger partial charge in [-0.3, -0.25) is 0 Å². The molecular formula is C24H22O2. The first-order chi connectivity index (χ1) is 12.6. The summed E-state index contributed by atoms with van der Waals surface area (Å²) in [5.74, 6) is 0. The first-order valence-corrected chi connectivity index (χ1v) is 8.89. The van der Waals surface area contributed by atoms with Crippen molar-refractivity contribution in [2.45, 2.75) is 26.7 Å². The fourth-order valence-corrected chi connectivity index (χ4v) is 3.57. The van der Waals surface area contributed by atoms with Crippen LogP contribution in [0.1, 0.15) is 28.5 Å². The van der Waals surface area contributed by atoms with E-state index in [1.54, 1.807) is 0 Å². The van der Waals surface area contributed by atoms with E-state index in [1.165, 1.54) is 21.7 Å². The molecule has 26 heavy (non-hydrogen) atoms. The highest BCUT2D eigenvalue weighted by Gasteiger charge is 2.12. The van der Waals surface area contributed by atoms with Gasteiger partial charge in [0.05, 0.1) is 6.61 Å². The Balaban J connectivity index is 1.62. The highest BCUT2D eigenvalue weighted by Crippen LogP contribution is 2.28. The van der Waals surface area contributed by atoms with Crippen LogP contribution in [0, 0.1) is 13.8 Å². The van der Waals surface area contributed by atoms with Crippen molar-refractivity contribution in [2.75, 3.05) is 0 Å². The third-order valence-corrected chi connectivity index (χ3v) is 5.04. The first-order valence-electron chi connectivity index (χ1n) is 8.89. The van der Waals surface area contributed by atoms with Crippen LogP contribution in [-0.4, -0.2) is 5.11 Å². The summed E-state index contributed by atoms with van der Waals surface area (Å²) < 4.78 is 5.86. The predicted molar refractivity (Wildman–Crippen MR) is 107 cm³/mol. The summed E-state index contributed by atoms with van der Waals surface area (Å²) in [6.45, 7) is 4.52. The maximum Gasteiger partial charge on any atom is 0.181 e. The molecule has 2 heteroatoms. The second-order valence-electron chi connectivity index (χ2n) is 6.80. The van der Waals surface area contributed by atoms with Gasteiger partial charge in [0.2, 0.25) is 0 Å². The standard InChI is InChI=1S/C24H22O2/c1-16-11-12-18-7-3-6-10-22(18)23(16)15-26-24(25)20-13-17(2)21-9-5-4-8-19(21)14-20/h3-14,24-25H,15H2,1-2H3. The van der Waals surface area contributed by atoms with Crippen molar-refractivity contribution < 1.29 is 9.84 Å². The molecule has 4 rings (SSSR count). The van der Waals surface area contributed by atoms with Crippen molar-refractivity contribution in [3.05, 3.63) is 95.1 Å². The second kappa shape index (κ2) is 6.91. The summed E-state index contributed by atoms with van der Waals surface area (Å²) in [7, 11) is 0. The number of aryl methyl sites for hydroxylation is 2. The van der Waals surface area contributed by atoms with E-state index in [4.69, 9.17) is 4.74 Å². The molecule has 0 heterocycles. The molecule has 1 unspecified atom stereocenters. The number of rotatable bonds is 4. The molecule has 1 N–H and O–H groups in total. The number of hydrogen-bond donors (Lipinski definition) is 1. The fourth-order valence-electron chi connectivity index (χ4n) is 3.57. The van der Waals surface area contributed by atoms with E-state index < -0.39 is 6.29 Å². The zero-order valence-electron chi connectivity index (χ0n) is 15.1. The highest BCUT2D eigenvalue weighted by atomic mass is 16.6. The summed E-state index contributed by atoms with van der Waals surface area (Å²) in [6, 6.07) is 24.7. The average molecular weight is 342 g/mol. The van der Waals surface area contributed by atoms with E-state index in [0.717, 1.165) is 22.1 Å². The quantitative estimate of drug-likeness (QED) is 0.474. The van der Waals surface area contributed by atoms with Gasteiger partial charge in [-0.25, -0.2) is 0 Å². The number of aliphatic hydroxyl groups excluding tert-OH is 1. The van der Waals surface area contributed by atoms with E-state index in [1.807, 2.05) is 36.4 Å². The predicted octanol–water partition coefficient (Wildman–Crippen LogP) is 5.82. The lowest BCUT2D eigenvalue weighted by atomic mass is 10.00. The van der Waals surface area contributed by atoms with Crippen LogP contribution in [0.3, 0.4) is 0 Å². The number of benzene rings is 4. The van der Waals surface area contributed by atoms with E-state index in [9.17, 15) is 5.11 Å². The first kappa shape index (κ1) is 16.8. The molecule has 0 saturated heterocycles. The van der Waals surface area contributed by atoms with E-state index in [2.05, 4.69) is 50.2 Å². The normalized spacial score (nSPS) is 12.6. The van der Waals surface area contributed by atoms with Crippen molar-refractivity contribution in [2.24, 2.45) is 0 Å². The SMILES string of the molecule is Cc1ccc2ccccc2c1COC(O)c1cc(C)c2ccccc2c1. The van der Waals surface area contributed by atoms with Crippen LogP contribution < -0.4 is 0 Å². The zero-order valence-corrected chi connectivity index (χ0v) is 15.1. The fraction of sp³-hybridized carbons (Fsp3) is 0.167. The van der Waals surface area contributed by atoms with Crippen molar-refractivity contribution in [1.82, 2.24) is 0 Å². The number of aliphatic hydroxyl groups is 1. The van der Waals surface area contributed by atoms with Crippen LogP contribution >= 0.6 is 0 Å². The van der Waals surface area contributed by atoms with Gasteiger partial charge in [-0.2, -0.15) is 0 Å². The largest absolute Gasteiger partial charge is 0.364 e. The second-order valence-corrected chi connectivity index (χ2v) is 6.80. The topological polar surface area (TPSA) is 29.5 Å². The van der Waals surface area contributed by atoms with Gasteiger partial charge in [-0.05, 0) is 58.1 Å². The van der Waals surface area contributed by atoms with Gasteiger partial charge in [0, 0.05) is 5.56 Å². The summed E-state index contributed by atoms with van der Waals surface area (Å²) >= 11 is 0. The van der Waals surface area contributed by atoms with Gasteiger partial charge in [0.1, 0.15) is 0 Å². The lowest BCUT2D eigenvalue weighted by molar-refractivity contribution is -0.111. The van der Waals surface area contributed by atoms with Crippen molar-refractivity contribution in [3.63, 3.8) is 0 Å². The smallest absolute Gasteiger partial charge is 0.181 e. The van der Waals surface area contributed by atoms with Gasteiger partial charge < -0.3 is 9.84 Å². The Hall–Kier alpha value is -2.68. The molecule has 0 aliphatic carbocycles. The Labute approximate surface area is 153 Å². The molecule has 2 nitrogen and oxygen atoms in total. The zero-order chi connectivity index (χ0) is 18.1. The van der Waals surface area contributed by atoms with Gasteiger partial charge in [-0.1, -0.05) is 66.7 Å². The summed E-state index contributed by atoms with van der Waals surface area (Å²) in [6.07, 6.45) is -0.948. The molecule has 0 fully saturated rings. The van der Waals surface area contributed by atoms with Crippen LogP contribution in [0.2, 0.25) is 0 Å². The van der Waals surface area contributed by atoms with Gasteiger partial charge in [0.15, 0.2) is 6.29 Å². The van der Waals surface area contributed by atoms with Crippen molar-refractivity contribution in [1.29, 1.82) is 0 Å². The molecule has 1 atom stereocenters. The van der Waals surface area contributed by atoms with Crippen LogP contribution in [0.5, 0.6) is 0 Å². The highest BCUT2D eigenvalue weighted by molar-refractivity contribution is 5.87. The summed E-state index contributed by atoms with van der Waals surface area (Å²) in [5, 5.41) is 15.3. The Bertz CT molecular complexity index is 1080. The molecule has 0 bridgehead atoms. The van der Waals surface area contributed by atoms with E-state index >= 15 is 0 Å². The van der Waals surface area contributed by atoms with Crippen LogP contribution in [-0.2, 0) is 11.3 Å². The molecule has 0 saturated carbocycles. The van der Waals surface area contributed by atoms with Gasteiger partial charge in [0.25, 0.3) is 0 Å². The van der Waals surface area contributed by atoms with Crippen LogP contribution in [0.4, 0.5) is 0 Å². The summed E-state index contributed by atoms with van der Waals surface area (Å²) in [5.41, 5.74) is 4.23. The summed E-state index contributed by atoms with van der Waals surface area (Å²) in [4.78, 5) is 0. The number of fused-ring (bicyclic) bond motifs is 2. The number of ether oxygens (including phenoxy) is 1. The van der Waals surface area contributed by atoms with Crippen LogP contribution in [0.25, 0.3) is 21.5 Å².